The van der Waals surface area contributed by atoms with E-state index in [4.69, 9.17) is 14.2 Å². The number of amides is 2. The van der Waals surface area contributed by atoms with Crippen molar-refractivity contribution in [2.24, 2.45) is 5.92 Å². The van der Waals surface area contributed by atoms with Gasteiger partial charge in [0.15, 0.2) is 11.5 Å². The topological polar surface area (TPSA) is 77.1 Å². The Labute approximate surface area is 170 Å². The van der Waals surface area contributed by atoms with Gasteiger partial charge in [0.25, 0.3) is 5.91 Å². The Balaban J connectivity index is 1.60. The number of carbonyl (C=O) groups excluding carboxylic acids is 2. The van der Waals surface area contributed by atoms with Crippen molar-refractivity contribution in [2.45, 2.75) is 12.8 Å². The molecule has 1 N–H and O–H groups in total. The van der Waals surface area contributed by atoms with Crippen molar-refractivity contribution in [3.05, 3.63) is 48.0 Å². The second kappa shape index (κ2) is 9.32. The Morgan fingerprint density at radius 3 is 2.21 bits per heavy atom. The Bertz CT molecular complexity index is 875. The molecule has 29 heavy (non-hydrogen) atoms. The van der Waals surface area contributed by atoms with E-state index in [0.29, 0.717) is 54.4 Å². The zero-order valence-corrected chi connectivity index (χ0v) is 16.9. The number of hydrogen-bond donors (Lipinski definition) is 1. The van der Waals surface area contributed by atoms with Crippen LogP contribution in [0.2, 0.25) is 0 Å². The van der Waals surface area contributed by atoms with E-state index in [1.165, 1.54) is 7.11 Å². The molecular formula is C22H26N2O5. The van der Waals surface area contributed by atoms with E-state index in [9.17, 15) is 9.59 Å². The molecule has 2 aromatic rings. The molecule has 0 unspecified atom stereocenters. The first-order valence-electron chi connectivity index (χ1n) is 9.52. The average Bonchev–Trinajstić information content (AvgIpc) is 2.78. The molecule has 2 aromatic carbocycles. The maximum absolute atomic E-state index is 12.8. The summed E-state index contributed by atoms with van der Waals surface area (Å²) in [5.41, 5.74) is 1.20. The summed E-state index contributed by atoms with van der Waals surface area (Å²) in [6, 6.07) is 12.5. The molecule has 0 bridgehead atoms. The highest BCUT2D eigenvalue weighted by Gasteiger charge is 2.28. The van der Waals surface area contributed by atoms with Crippen molar-refractivity contribution in [1.82, 2.24) is 4.90 Å². The predicted octanol–water partition coefficient (Wildman–Crippen LogP) is 3.20. The van der Waals surface area contributed by atoms with E-state index in [0.717, 1.165) is 0 Å². The largest absolute Gasteiger partial charge is 0.495 e. The molecule has 1 fully saturated rings. The number of piperidine rings is 1. The first kappa shape index (κ1) is 20.5. The van der Waals surface area contributed by atoms with E-state index in [1.54, 1.807) is 43.4 Å². The molecule has 0 spiro atoms. The number of para-hydroxylation sites is 2. The number of methoxy groups -OCH3 is 3. The third kappa shape index (κ3) is 4.62. The molecule has 7 nitrogen and oxygen atoms in total. The standard InChI is InChI=1S/C22H26N2O5/c1-27-18-7-5-4-6-17(18)23-21(25)15-10-12-24(13-11-15)22(26)16-8-9-19(28-2)20(14-16)29-3/h4-9,14-15H,10-13H2,1-3H3,(H,23,25). The van der Waals surface area contributed by atoms with Crippen molar-refractivity contribution in [2.75, 3.05) is 39.7 Å². The Kier molecular flexibility index (Phi) is 6.59. The van der Waals surface area contributed by atoms with Crippen molar-refractivity contribution in [3.8, 4) is 17.2 Å². The van der Waals surface area contributed by atoms with Crippen LogP contribution in [-0.4, -0.2) is 51.1 Å². The molecule has 1 aliphatic heterocycles. The maximum atomic E-state index is 12.8. The minimum absolute atomic E-state index is 0.0484. The van der Waals surface area contributed by atoms with Crippen LogP contribution in [0, 0.1) is 5.92 Å². The van der Waals surface area contributed by atoms with Gasteiger partial charge < -0.3 is 24.4 Å². The maximum Gasteiger partial charge on any atom is 0.253 e. The number of ether oxygens (including phenoxy) is 3. The molecule has 0 aliphatic carbocycles. The summed E-state index contributed by atoms with van der Waals surface area (Å²) in [4.78, 5) is 27.2. The van der Waals surface area contributed by atoms with E-state index in [1.807, 2.05) is 18.2 Å². The molecule has 3 rings (SSSR count). The van der Waals surface area contributed by atoms with Crippen LogP contribution in [-0.2, 0) is 4.79 Å². The zero-order valence-electron chi connectivity index (χ0n) is 16.9. The van der Waals surface area contributed by atoms with Crippen LogP contribution in [0.1, 0.15) is 23.2 Å². The van der Waals surface area contributed by atoms with Crippen LogP contribution in [0.4, 0.5) is 5.69 Å². The molecule has 1 heterocycles. The average molecular weight is 398 g/mol. The highest BCUT2D eigenvalue weighted by Crippen LogP contribution is 2.29. The van der Waals surface area contributed by atoms with Gasteiger partial charge in [-0.05, 0) is 43.2 Å². The molecule has 2 amide bonds. The van der Waals surface area contributed by atoms with Gasteiger partial charge in [-0.2, -0.15) is 0 Å². The number of rotatable bonds is 6. The third-order valence-corrected chi connectivity index (χ3v) is 5.15. The van der Waals surface area contributed by atoms with Gasteiger partial charge in [0.2, 0.25) is 5.91 Å². The summed E-state index contributed by atoms with van der Waals surface area (Å²) in [6.45, 7) is 1.05. The minimum Gasteiger partial charge on any atom is -0.495 e. The van der Waals surface area contributed by atoms with Gasteiger partial charge in [0.05, 0.1) is 27.0 Å². The fraction of sp³-hybridized carbons (Fsp3) is 0.364. The number of nitrogens with one attached hydrogen (secondary N) is 1. The molecular weight excluding hydrogens is 372 g/mol. The lowest BCUT2D eigenvalue weighted by Crippen LogP contribution is -2.41. The first-order valence-corrected chi connectivity index (χ1v) is 9.52. The molecule has 1 saturated heterocycles. The number of likely N-dealkylation sites (tertiary alicyclic amines) is 1. The molecule has 0 atom stereocenters. The van der Waals surface area contributed by atoms with Crippen LogP contribution >= 0.6 is 0 Å². The number of nitrogens with zero attached hydrogens (tertiary/aromatic N) is 1. The van der Waals surface area contributed by atoms with E-state index >= 15 is 0 Å². The van der Waals surface area contributed by atoms with Crippen LogP contribution in [0.15, 0.2) is 42.5 Å². The van der Waals surface area contributed by atoms with Crippen LogP contribution in [0.5, 0.6) is 17.2 Å². The van der Waals surface area contributed by atoms with Gasteiger partial charge in [0.1, 0.15) is 5.75 Å². The summed E-state index contributed by atoms with van der Waals surface area (Å²) in [5.74, 6) is 1.46. The summed E-state index contributed by atoms with van der Waals surface area (Å²) < 4.78 is 15.8. The molecule has 7 heteroatoms. The predicted molar refractivity (Wildman–Crippen MR) is 110 cm³/mol. The lowest BCUT2D eigenvalue weighted by Gasteiger charge is -2.31. The Hall–Kier alpha value is -3.22. The summed E-state index contributed by atoms with van der Waals surface area (Å²) in [6.07, 6.45) is 1.22. The van der Waals surface area contributed by atoms with Crippen LogP contribution < -0.4 is 19.5 Å². The molecule has 0 saturated carbocycles. The lowest BCUT2D eigenvalue weighted by atomic mass is 9.95. The van der Waals surface area contributed by atoms with Crippen LogP contribution in [0.3, 0.4) is 0 Å². The molecule has 1 aliphatic rings. The zero-order chi connectivity index (χ0) is 20.8. The normalized spacial score (nSPS) is 14.2. The lowest BCUT2D eigenvalue weighted by molar-refractivity contribution is -0.121. The third-order valence-electron chi connectivity index (χ3n) is 5.15. The summed E-state index contributed by atoms with van der Waals surface area (Å²) >= 11 is 0. The Morgan fingerprint density at radius 2 is 1.55 bits per heavy atom. The highest BCUT2D eigenvalue weighted by atomic mass is 16.5. The number of hydrogen-bond acceptors (Lipinski definition) is 5. The molecule has 0 radical (unpaired) electrons. The van der Waals surface area contributed by atoms with Crippen LogP contribution in [0.25, 0.3) is 0 Å². The second-order valence-corrected chi connectivity index (χ2v) is 6.83. The van der Waals surface area contributed by atoms with Gasteiger partial charge in [0, 0.05) is 24.6 Å². The van der Waals surface area contributed by atoms with Crippen molar-refractivity contribution in [3.63, 3.8) is 0 Å². The number of carbonyl (C=O) groups is 2. The first-order chi connectivity index (χ1) is 14.1. The van der Waals surface area contributed by atoms with Gasteiger partial charge in [-0.1, -0.05) is 12.1 Å². The SMILES string of the molecule is COc1ccccc1NC(=O)C1CCN(C(=O)c2ccc(OC)c(OC)c2)CC1. The van der Waals surface area contributed by atoms with Gasteiger partial charge in [-0.15, -0.1) is 0 Å². The summed E-state index contributed by atoms with van der Waals surface area (Å²) in [7, 11) is 4.67. The smallest absolute Gasteiger partial charge is 0.253 e. The van der Waals surface area contributed by atoms with E-state index in [2.05, 4.69) is 5.32 Å². The Morgan fingerprint density at radius 1 is 0.897 bits per heavy atom. The van der Waals surface area contributed by atoms with Gasteiger partial charge >= 0.3 is 0 Å². The number of benzene rings is 2. The molecule has 0 aromatic heterocycles. The second-order valence-electron chi connectivity index (χ2n) is 6.83. The van der Waals surface area contributed by atoms with E-state index in [-0.39, 0.29) is 17.7 Å². The fourth-order valence-electron chi connectivity index (χ4n) is 3.48. The molecule has 154 valence electrons. The van der Waals surface area contributed by atoms with Crippen molar-refractivity contribution >= 4 is 17.5 Å². The fourth-order valence-corrected chi connectivity index (χ4v) is 3.48. The summed E-state index contributed by atoms with van der Waals surface area (Å²) in [5, 5.41) is 2.94. The minimum atomic E-state index is -0.144. The quantitative estimate of drug-likeness (QED) is 0.809. The highest BCUT2D eigenvalue weighted by molar-refractivity contribution is 5.96. The van der Waals surface area contributed by atoms with Crippen molar-refractivity contribution < 1.29 is 23.8 Å². The monoisotopic (exact) mass is 398 g/mol. The van der Waals surface area contributed by atoms with E-state index < -0.39 is 0 Å². The van der Waals surface area contributed by atoms with Gasteiger partial charge in [-0.25, -0.2) is 0 Å². The number of anilines is 1. The van der Waals surface area contributed by atoms with Gasteiger partial charge in [-0.3, -0.25) is 9.59 Å². The van der Waals surface area contributed by atoms with Crippen molar-refractivity contribution in [1.29, 1.82) is 0 Å².